The Hall–Kier alpha value is -1.14. The molecule has 1 amide bonds. The van der Waals surface area contributed by atoms with Gasteiger partial charge in [0.1, 0.15) is 6.54 Å². The van der Waals surface area contributed by atoms with Crippen LogP contribution in [0, 0.1) is 0 Å². The fourth-order valence-corrected chi connectivity index (χ4v) is 1.44. The van der Waals surface area contributed by atoms with E-state index in [0.717, 1.165) is 4.90 Å². The lowest BCUT2D eigenvalue weighted by Crippen LogP contribution is -2.48. The first-order chi connectivity index (χ1) is 6.52. The van der Waals surface area contributed by atoms with Crippen molar-refractivity contribution in [2.45, 2.75) is 19.1 Å². The summed E-state index contributed by atoms with van der Waals surface area (Å²) in [6.07, 6.45) is -0.793. The fourth-order valence-electron chi connectivity index (χ4n) is 1.44. The maximum atomic E-state index is 11.1. The van der Waals surface area contributed by atoms with Gasteiger partial charge in [0.2, 0.25) is 5.91 Å². The van der Waals surface area contributed by atoms with E-state index in [2.05, 4.69) is 0 Å². The summed E-state index contributed by atoms with van der Waals surface area (Å²) in [4.78, 5) is 22.7. The number of hydrogen-bond acceptors (Lipinski definition) is 4. The van der Waals surface area contributed by atoms with Gasteiger partial charge in [-0.3, -0.25) is 9.59 Å². The Labute approximate surface area is 81.1 Å². The molecule has 0 aromatic heterocycles. The molecule has 1 aliphatic rings. The molecule has 0 aromatic rings. The van der Waals surface area contributed by atoms with Crippen LogP contribution >= 0.6 is 0 Å². The molecule has 0 saturated carbocycles. The third kappa shape index (κ3) is 2.43. The van der Waals surface area contributed by atoms with Crippen molar-refractivity contribution in [1.82, 2.24) is 4.90 Å². The van der Waals surface area contributed by atoms with Crippen molar-refractivity contribution in [3.05, 3.63) is 0 Å². The molecule has 0 aliphatic carbocycles. The number of amides is 1. The number of carboxylic acid groups (broad SMARTS) is 1. The van der Waals surface area contributed by atoms with Crippen LogP contribution in [0.25, 0.3) is 0 Å². The highest BCUT2D eigenvalue weighted by Crippen LogP contribution is 2.13. The smallest absolute Gasteiger partial charge is 0.323 e. The number of nitrogens with zero attached hydrogens (tertiary/aromatic N) is 1. The van der Waals surface area contributed by atoms with Crippen LogP contribution in [0.4, 0.5) is 0 Å². The predicted octanol–water partition coefficient (Wildman–Crippen LogP) is -1.32. The summed E-state index contributed by atoms with van der Waals surface area (Å²) >= 11 is 0. The van der Waals surface area contributed by atoms with Gasteiger partial charge in [0.25, 0.3) is 0 Å². The minimum absolute atomic E-state index is 0.147. The summed E-state index contributed by atoms with van der Waals surface area (Å²) in [7, 11) is 0. The van der Waals surface area contributed by atoms with Gasteiger partial charge in [-0.25, -0.2) is 0 Å². The van der Waals surface area contributed by atoms with E-state index in [1.807, 2.05) is 0 Å². The van der Waals surface area contributed by atoms with Gasteiger partial charge in [-0.15, -0.1) is 0 Å². The van der Waals surface area contributed by atoms with Crippen molar-refractivity contribution >= 4 is 11.9 Å². The molecule has 6 nitrogen and oxygen atoms in total. The molecule has 1 fully saturated rings. The minimum Gasteiger partial charge on any atom is -0.480 e. The van der Waals surface area contributed by atoms with E-state index >= 15 is 0 Å². The summed E-state index contributed by atoms with van der Waals surface area (Å²) in [6.45, 7) is 1.20. The van der Waals surface area contributed by atoms with Gasteiger partial charge in [-0.1, -0.05) is 0 Å². The van der Waals surface area contributed by atoms with E-state index in [1.165, 1.54) is 6.92 Å². The number of ether oxygens (including phenoxy) is 1. The largest absolute Gasteiger partial charge is 0.480 e. The first-order valence-electron chi connectivity index (χ1n) is 4.27. The predicted molar refractivity (Wildman–Crippen MR) is 45.6 cm³/mol. The number of carbonyl (C=O) groups is 2. The van der Waals surface area contributed by atoms with Gasteiger partial charge >= 0.3 is 5.97 Å². The molecule has 14 heavy (non-hydrogen) atoms. The van der Waals surface area contributed by atoms with E-state index in [1.54, 1.807) is 0 Å². The topological polar surface area (TPSA) is 87.1 Å². The van der Waals surface area contributed by atoms with Crippen molar-refractivity contribution in [1.29, 1.82) is 0 Å². The molecule has 0 unspecified atom stereocenters. The van der Waals surface area contributed by atoms with Crippen LogP contribution in [0.3, 0.4) is 0 Å². The average molecular weight is 203 g/mol. The summed E-state index contributed by atoms with van der Waals surface area (Å²) in [5.41, 5.74) is 0. The lowest BCUT2D eigenvalue weighted by atomic mass is 10.2. The second-order valence-electron chi connectivity index (χ2n) is 3.21. The highest BCUT2D eigenvalue weighted by atomic mass is 16.5. The molecule has 2 N–H and O–H groups in total. The number of hydrogen-bond donors (Lipinski definition) is 2. The molecule has 1 aliphatic heterocycles. The molecule has 0 bridgehead atoms. The molecular formula is C8H13NO5. The Bertz CT molecular complexity index is 242. The monoisotopic (exact) mass is 203 g/mol. The highest BCUT2D eigenvalue weighted by molar-refractivity contribution is 5.80. The zero-order chi connectivity index (χ0) is 10.7. The quantitative estimate of drug-likeness (QED) is 0.594. The molecule has 0 aromatic carbocycles. The Morgan fingerprint density at radius 1 is 1.50 bits per heavy atom. The number of aliphatic hydroxyl groups excluding tert-OH is 1. The number of aliphatic carboxylic acids is 1. The fraction of sp³-hybridized carbons (Fsp3) is 0.750. The van der Waals surface area contributed by atoms with Crippen LogP contribution in [-0.2, 0) is 14.3 Å². The Morgan fingerprint density at radius 2 is 2.14 bits per heavy atom. The third-order valence-corrected chi connectivity index (χ3v) is 2.13. The molecule has 80 valence electrons. The number of rotatable bonds is 3. The maximum Gasteiger partial charge on any atom is 0.323 e. The second-order valence-corrected chi connectivity index (χ2v) is 3.21. The molecular weight excluding hydrogens is 190 g/mol. The summed E-state index contributed by atoms with van der Waals surface area (Å²) in [5.74, 6) is -1.47. The van der Waals surface area contributed by atoms with Crippen molar-refractivity contribution in [3.8, 4) is 0 Å². The normalized spacial score (nSPS) is 26.1. The summed E-state index contributed by atoms with van der Waals surface area (Å²) in [5, 5.41) is 18.0. The van der Waals surface area contributed by atoms with E-state index in [0.29, 0.717) is 0 Å². The van der Waals surface area contributed by atoms with Crippen LogP contribution in [0.15, 0.2) is 0 Å². The van der Waals surface area contributed by atoms with Gasteiger partial charge < -0.3 is 19.8 Å². The zero-order valence-corrected chi connectivity index (χ0v) is 7.84. The van der Waals surface area contributed by atoms with Crippen molar-refractivity contribution in [2.75, 3.05) is 19.8 Å². The minimum atomic E-state index is -1.10. The number of aliphatic hydroxyl groups is 1. The molecule has 1 rings (SSSR count). The van der Waals surface area contributed by atoms with Gasteiger partial charge in [0, 0.05) is 6.92 Å². The first-order valence-corrected chi connectivity index (χ1v) is 4.27. The maximum absolute atomic E-state index is 11.1. The van der Waals surface area contributed by atoms with Crippen LogP contribution in [-0.4, -0.2) is 58.9 Å². The second kappa shape index (κ2) is 4.39. The van der Waals surface area contributed by atoms with Crippen LogP contribution in [0.1, 0.15) is 6.92 Å². The van der Waals surface area contributed by atoms with Crippen molar-refractivity contribution < 1.29 is 24.5 Å². The lowest BCUT2D eigenvalue weighted by molar-refractivity contribution is -0.146. The van der Waals surface area contributed by atoms with Gasteiger partial charge in [0.05, 0.1) is 25.4 Å². The summed E-state index contributed by atoms with van der Waals surface area (Å²) in [6, 6.07) is -0.538. The van der Waals surface area contributed by atoms with E-state index in [4.69, 9.17) is 9.84 Å². The van der Waals surface area contributed by atoms with E-state index in [9.17, 15) is 14.7 Å². The summed E-state index contributed by atoms with van der Waals surface area (Å²) < 4.78 is 4.95. The third-order valence-electron chi connectivity index (χ3n) is 2.13. The van der Waals surface area contributed by atoms with E-state index < -0.39 is 24.7 Å². The number of carboxylic acids is 1. The Morgan fingerprint density at radius 3 is 2.50 bits per heavy atom. The first kappa shape index (κ1) is 10.9. The molecule has 0 spiro atoms. The molecule has 6 heteroatoms. The van der Waals surface area contributed by atoms with Crippen molar-refractivity contribution in [3.63, 3.8) is 0 Å². The number of carbonyl (C=O) groups excluding carboxylic acids is 1. The van der Waals surface area contributed by atoms with Crippen LogP contribution in [0.2, 0.25) is 0 Å². The Kier molecular flexibility index (Phi) is 3.43. The van der Waals surface area contributed by atoms with Crippen LogP contribution in [0.5, 0.6) is 0 Å². The van der Waals surface area contributed by atoms with Gasteiger partial charge in [-0.05, 0) is 0 Å². The lowest BCUT2D eigenvalue weighted by Gasteiger charge is -2.27. The molecule has 2 atom stereocenters. The molecule has 1 heterocycles. The SMILES string of the molecule is CC(=O)N(CC(=O)O)[C@@H]1COC[C@H]1O. The molecule has 0 radical (unpaired) electrons. The van der Waals surface area contributed by atoms with Gasteiger partial charge in [0.15, 0.2) is 0 Å². The van der Waals surface area contributed by atoms with E-state index in [-0.39, 0.29) is 19.1 Å². The van der Waals surface area contributed by atoms with Crippen LogP contribution < -0.4 is 0 Å². The zero-order valence-electron chi connectivity index (χ0n) is 7.84. The van der Waals surface area contributed by atoms with Gasteiger partial charge in [-0.2, -0.15) is 0 Å². The standard InChI is InChI=1S/C8H13NO5/c1-5(10)9(2-8(12)13)6-3-14-4-7(6)11/h6-7,11H,2-4H2,1H3,(H,12,13)/t6-,7-/m1/s1. The van der Waals surface area contributed by atoms with Crippen molar-refractivity contribution in [2.24, 2.45) is 0 Å². The average Bonchev–Trinajstić information content (AvgIpc) is 2.46. The highest BCUT2D eigenvalue weighted by Gasteiger charge is 2.34. The molecule has 1 saturated heterocycles. The Balaban J connectivity index is 2.66.